The molecule has 0 aliphatic heterocycles. The molecule has 2 aromatic heterocycles. The number of ketones is 1. The molecule has 3 rings (SSSR count). The summed E-state index contributed by atoms with van der Waals surface area (Å²) in [5.74, 6) is 0.377. The fourth-order valence-electron chi connectivity index (χ4n) is 3.66. The summed E-state index contributed by atoms with van der Waals surface area (Å²) in [6, 6.07) is 8.35. The van der Waals surface area contributed by atoms with Gasteiger partial charge in [-0.1, -0.05) is 31.7 Å². The number of rotatable bonds is 10. The lowest BCUT2D eigenvalue weighted by molar-refractivity contribution is 0.102. The van der Waals surface area contributed by atoms with Gasteiger partial charge < -0.3 is 8.98 Å². The minimum absolute atomic E-state index is 0.00476. The molecule has 10 heteroatoms. The van der Waals surface area contributed by atoms with Gasteiger partial charge in [0.05, 0.1) is 10.6 Å². The van der Waals surface area contributed by atoms with Gasteiger partial charge in [-0.05, 0) is 45.0 Å². The number of hydrogen-bond donors (Lipinski definition) is 0. The zero-order valence-electron chi connectivity index (χ0n) is 19.0. The van der Waals surface area contributed by atoms with Crippen LogP contribution < -0.4 is 0 Å². The molecule has 0 aliphatic carbocycles. The van der Waals surface area contributed by atoms with Crippen LogP contribution in [0.1, 0.15) is 42.5 Å². The molecule has 32 heavy (non-hydrogen) atoms. The molecule has 2 heterocycles. The summed E-state index contributed by atoms with van der Waals surface area (Å²) in [7, 11) is -3.59. The number of carbonyl (C=O) groups is 1. The molecule has 0 saturated heterocycles. The van der Waals surface area contributed by atoms with Crippen molar-refractivity contribution >= 4 is 27.6 Å². The van der Waals surface area contributed by atoms with Crippen LogP contribution in [-0.2, 0) is 16.6 Å². The number of thioether (sulfide) groups is 1. The van der Waals surface area contributed by atoms with Crippen molar-refractivity contribution in [2.24, 2.45) is 0 Å². The maximum Gasteiger partial charge on any atom is 0.277 e. The van der Waals surface area contributed by atoms with Gasteiger partial charge in [0.2, 0.25) is 15.9 Å². The monoisotopic (exact) mass is 476 g/mol. The van der Waals surface area contributed by atoms with Gasteiger partial charge in [0.15, 0.2) is 5.78 Å². The molecule has 0 radical (unpaired) electrons. The highest BCUT2D eigenvalue weighted by molar-refractivity contribution is 7.99. The highest BCUT2D eigenvalue weighted by Crippen LogP contribution is 2.27. The van der Waals surface area contributed by atoms with Gasteiger partial charge in [-0.25, -0.2) is 8.42 Å². The first-order chi connectivity index (χ1) is 15.2. The smallest absolute Gasteiger partial charge is 0.277 e. The van der Waals surface area contributed by atoms with Crippen LogP contribution in [0, 0.1) is 13.8 Å². The van der Waals surface area contributed by atoms with Gasteiger partial charge in [-0.2, -0.15) is 4.31 Å². The predicted molar refractivity (Wildman–Crippen MR) is 124 cm³/mol. The van der Waals surface area contributed by atoms with Gasteiger partial charge in [0.25, 0.3) is 5.22 Å². The van der Waals surface area contributed by atoms with E-state index in [9.17, 15) is 13.2 Å². The van der Waals surface area contributed by atoms with Crippen LogP contribution in [0.3, 0.4) is 0 Å². The summed E-state index contributed by atoms with van der Waals surface area (Å²) < 4.78 is 34.8. The van der Waals surface area contributed by atoms with Crippen molar-refractivity contribution in [3.63, 3.8) is 0 Å². The molecule has 0 saturated carbocycles. The standard InChI is InChI=1S/C22H28N4O4S2/c1-6-25(7-2)32(28,29)18-11-9-10-17(13-18)21-23-24-22(30-21)31-14-20(27)19-12-15(4)26(8-3)16(19)5/h9-13H,6-8,14H2,1-5H3. The molecular weight excluding hydrogens is 448 g/mol. The van der Waals surface area contributed by atoms with E-state index in [1.54, 1.807) is 32.0 Å². The molecule has 0 bridgehead atoms. The molecule has 8 nitrogen and oxygen atoms in total. The van der Waals surface area contributed by atoms with E-state index < -0.39 is 10.0 Å². The molecular formula is C22H28N4O4S2. The second-order valence-electron chi connectivity index (χ2n) is 7.23. The number of aromatic nitrogens is 3. The Hall–Kier alpha value is -2.43. The lowest BCUT2D eigenvalue weighted by Crippen LogP contribution is -2.30. The normalized spacial score (nSPS) is 11.9. The average molecular weight is 477 g/mol. The highest BCUT2D eigenvalue weighted by Gasteiger charge is 2.23. The SMILES string of the molecule is CCN(CC)S(=O)(=O)c1cccc(-c2nnc(SCC(=O)c3cc(C)n(CC)c3C)o2)c1. The van der Waals surface area contributed by atoms with Crippen LogP contribution in [0.5, 0.6) is 0 Å². The third kappa shape index (κ3) is 4.82. The molecule has 0 fully saturated rings. The Kier molecular flexibility index (Phi) is 7.58. The second-order valence-corrected chi connectivity index (χ2v) is 10.1. The number of Topliss-reactive ketones (excluding diaryl/α,β-unsaturated/α-hetero) is 1. The number of hydrogen-bond acceptors (Lipinski definition) is 7. The van der Waals surface area contributed by atoms with Crippen molar-refractivity contribution < 1.29 is 17.6 Å². The minimum Gasteiger partial charge on any atom is -0.411 e. The summed E-state index contributed by atoms with van der Waals surface area (Å²) in [6.45, 7) is 11.2. The number of aryl methyl sites for hydroxylation is 1. The number of benzene rings is 1. The molecule has 3 aromatic rings. The molecule has 0 amide bonds. The van der Waals surface area contributed by atoms with Crippen LogP contribution in [0.4, 0.5) is 0 Å². The minimum atomic E-state index is -3.59. The Morgan fingerprint density at radius 3 is 2.47 bits per heavy atom. The summed E-state index contributed by atoms with van der Waals surface area (Å²) in [5.41, 5.74) is 3.22. The Balaban J connectivity index is 1.75. The molecule has 1 aromatic carbocycles. The van der Waals surface area contributed by atoms with E-state index in [2.05, 4.69) is 14.8 Å². The Morgan fingerprint density at radius 1 is 1.12 bits per heavy atom. The topological polar surface area (TPSA) is 98.3 Å². The predicted octanol–water partition coefficient (Wildman–Crippen LogP) is 4.18. The van der Waals surface area contributed by atoms with Crippen molar-refractivity contribution in [3.8, 4) is 11.5 Å². The third-order valence-electron chi connectivity index (χ3n) is 5.35. The van der Waals surface area contributed by atoms with Crippen LogP contribution in [-0.4, -0.2) is 52.1 Å². The third-order valence-corrected chi connectivity index (χ3v) is 8.21. The first kappa shape index (κ1) is 24.2. The van der Waals surface area contributed by atoms with Gasteiger partial charge in [-0.15, -0.1) is 10.2 Å². The Bertz CT molecular complexity index is 1210. The van der Waals surface area contributed by atoms with E-state index in [4.69, 9.17) is 4.42 Å². The highest BCUT2D eigenvalue weighted by atomic mass is 32.2. The lowest BCUT2D eigenvalue weighted by Gasteiger charge is -2.18. The van der Waals surface area contributed by atoms with Gasteiger partial charge in [-0.3, -0.25) is 4.79 Å². The molecule has 0 atom stereocenters. The van der Waals surface area contributed by atoms with Crippen molar-refractivity contribution in [3.05, 3.63) is 47.3 Å². The molecule has 0 spiro atoms. The summed E-state index contributed by atoms with van der Waals surface area (Å²) in [4.78, 5) is 12.9. The number of sulfonamides is 1. The van der Waals surface area contributed by atoms with Gasteiger partial charge in [0, 0.05) is 42.1 Å². The van der Waals surface area contributed by atoms with Crippen molar-refractivity contribution in [2.45, 2.75) is 51.3 Å². The van der Waals surface area contributed by atoms with Crippen molar-refractivity contribution in [1.82, 2.24) is 19.1 Å². The molecule has 172 valence electrons. The van der Waals surface area contributed by atoms with Crippen LogP contribution in [0.2, 0.25) is 0 Å². The van der Waals surface area contributed by atoms with E-state index in [-0.39, 0.29) is 27.5 Å². The fourth-order valence-corrected chi connectivity index (χ4v) is 5.81. The first-order valence-corrected chi connectivity index (χ1v) is 12.9. The van der Waals surface area contributed by atoms with Crippen LogP contribution in [0.15, 0.2) is 44.9 Å². The summed E-state index contributed by atoms with van der Waals surface area (Å²) in [6.07, 6.45) is 0. The van der Waals surface area contributed by atoms with Gasteiger partial charge >= 0.3 is 0 Å². The van der Waals surface area contributed by atoms with E-state index in [1.165, 1.54) is 22.1 Å². The van der Waals surface area contributed by atoms with Crippen molar-refractivity contribution in [2.75, 3.05) is 18.8 Å². The maximum atomic E-state index is 12.8. The molecule has 0 N–H and O–H groups in total. The molecule has 0 unspecified atom stereocenters. The Labute approximate surface area is 193 Å². The lowest BCUT2D eigenvalue weighted by atomic mass is 10.2. The summed E-state index contributed by atoms with van der Waals surface area (Å²) >= 11 is 1.17. The number of carbonyl (C=O) groups excluding carboxylic acids is 1. The van der Waals surface area contributed by atoms with E-state index >= 15 is 0 Å². The van der Waals surface area contributed by atoms with Crippen LogP contribution >= 0.6 is 11.8 Å². The average Bonchev–Trinajstić information content (AvgIpc) is 3.37. The number of nitrogens with zero attached hydrogens (tertiary/aromatic N) is 4. The quantitative estimate of drug-likeness (QED) is 0.320. The zero-order chi connectivity index (χ0) is 23.5. The Morgan fingerprint density at radius 2 is 1.84 bits per heavy atom. The fraction of sp³-hybridized carbons (Fsp3) is 0.409. The largest absolute Gasteiger partial charge is 0.411 e. The molecule has 0 aliphatic rings. The van der Waals surface area contributed by atoms with E-state index in [0.29, 0.717) is 24.2 Å². The maximum absolute atomic E-state index is 12.8. The van der Waals surface area contributed by atoms with E-state index in [0.717, 1.165) is 17.9 Å². The van der Waals surface area contributed by atoms with Crippen molar-refractivity contribution in [1.29, 1.82) is 0 Å². The second kappa shape index (κ2) is 10.0. The first-order valence-electron chi connectivity index (χ1n) is 10.5. The van der Waals surface area contributed by atoms with E-state index in [1.807, 2.05) is 26.8 Å². The van der Waals surface area contributed by atoms with Crippen LogP contribution in [0.25, 0.3) is 11.5 Å². The zero-order valence-corrected chi connectivity index (χ0v) is 20.6. The van der Waals surface area contributed by atoms with Gasteiger partial charge in [0.1, 0.15) is 0 Å². The summed E-state index contributed by atoms with van der Waals surface area (Å²) in [5, 5.41) is 8.30.